The normalized spacial score (nSPS) is 13.1. The fraction of sp³-hybridized carbons (Fsp3) is 0.667. The molecule has 0 atom stereocenters. The van der Waals surface area contributed by atoms with E-state index in [9.17, 15) is 9.13 Å². The number of nitrogens with one attached hydrogen (secondary N) is 1. The quantitative estimate of drug-likeness (QED) is 0.159. The third-order valence-corrected chi connectivity index (χ3v) is 11.3. The van der Waals surface area contributed by atoms with Gasteiger partial charge in [-0.25, -0.2) is 0 Å². The largest absolute Gasteiger partial charge is 0.353 e. The summed E-state index contributed by atoms with van der Waals surface area (Å²) >= 11 is 7.25. The standard InChI is InChI=1S/C21H37NO6P2S2/c1-14(2)25-29(23,26-15(3)4)21(30(24,27-16(5)6)28-17(7)8)20(31)22-18-10-12-19(32-9)13-11-18/h10-17,21H,1-9H3,(H,22,31). The molecule has 0 heterocycles. The van der Waals surface area contributed by atoms with E-state index in [4.69, 9.17) is 30.3 Å². The summed E-state index contributed by atoms with van der Waals surface area (Å²) < 4.78 is 51.5. The van der Waals surface area contributed by atoms with Crippen LogP contribution >= 0.6 is 39.2 Å². The van der Waals surface area contributed by atoms with Crippen LogP contribution in [-0.2, 0) is 27.2 Å². The van der Waals surface area contributed by atoms with Crippen molar-refractivity contribution >= 4 is 49.8 Å². The lowest BCUT2D eigenvalue weighted by atomic mass is 10.3. The lowest BCUT2D eigenvalue weighted by Crippen LogP contribution is -2.32. The van der Waals surface area contributed by atoms with Gasteiger partial charge in [0.15, 0.2) is 0 Å². The summed E-state index contributed by atoms with van der Waals surface area (Å²) in [7, 11) is -8.21. The molecule has 1 aromatic carbocycles. The first-order valence-corrected chi connectivity index (χ1v) is 15.5. The van der Waals surface area contributed by atoms with Gasteiger partial charge in [0.25, 0.3) is 0 Å². The zero-order valence-corrected chi connectivity index (χ0v) is 23.8. The van der Waals surface area contributed by atoms with E-state index >= 15 is 0 Å². The Morgan fingerprint density at radius 2 is 1.12 bits per heavy atom. The maximum absolute atomic E-state index is 14.2. The van der Waals surface area contributed by atoms with Crippen LogP contribution in [0.15, 0.2) is 29.2 Å². The molecule has 0 radical (unpaired) electrons. The molecule has 0 unspecified atom stereocenters. The average molecular weight is 526 g/mol. The monoisotopic (exact) mass is 525 g/mol. The van der Waals surface area contributed by atoms with E-state index in [1.54, 1.807) is 67.2 Å². The van der Waals surface area contributed by atoms with Crippen LogP contribution in [0.25, 0.3) is 0 Å². The molecule has 0 aliphatic rings. The molecule has 0 aromatic heterocycles. The molecule has 11 heteroatoms. The van der Waals surface area contributed by atoms with Crippen molar-refractivity contribution in [1.29, 1.82) is 0 Å². The molecule has 1 aromatic rings. The second-order valence-electron chi connectivity index (χ2n) is 8.29. The van der Waals surface area contributed by atoms with Gasteiger partial charge in [-0.05, 0) is 85.9 Å². The zero-order valence-electron chi connectivity index (χ0n) is 20.4. The highest BCUT2D eigenvalue weighted by Gasteiger charge is 2.55. The minimum atomic E-state index is -4.11. The third kappa shape index (κ3) is 9.19. The zero-order chi connectivity index (χ0) is 24.7. The Balaban J connectivity index is 3.58. The number of rotatable bonds is 13. The maximum Gasteiger partial charge on any atom is 0.353 e. The van der Waals surface area contributed by atoms with E-state index in [0.717, 1.165) is 4.90 Å². The molecular formula is C21H37NO6P2S2. The molecule has 1 rings (SSSR count). The van der Waals surface area contributed by atoms with Crippen LogP contribution in [0.4, 0.5) is 5.69 Å². The van der Waals surface area contributed by atoms with Crippen LogP contribution in [0, 0.1) is 0 Å². The van der Waals surface area contributed by atoms with E-state index in [1.807, 2.05) is 30.5 Å². The van der Waals surface area contributed by atoms with Crippen LogP contribution in [0.2, 0.25) is 0 Å². The summed E-state index contributed by atoms with van der Waals surface area (Å²) in [5.41, 5.74) is 0.652. The first-order chi connectivity index (χ1) is 14.7. The number of hydrogen-bond acceptors (Lipinski definition) is 8. The Labute approximate surface area is 202 Å². The molecule has 0 aliphatic heterocycles. The number of thioether (sulfide) groups is 1. The predicted molar refractivity (Wildman–Crippen MR) is 138 cm³/mol. The molecule has 0 aliphatic carbocycles. The highest BCUT2D eigenvalue weighted by Crippen LogP contribution is 2.72. The average Bonchev–Trinajstić information content (AvgIpc) is 2.58. The summed E-state index contributed by atoms with van der Waals surface area (Å²) in [4.78, 5) is 1.09. The minimum Gasteiger partial charge on any atom is -0.349 e. The molecule has 0 spiro atoms. The van der Waals surface area contributed by atoms with E-state index in [1.165, 1.54) is 0 Å². The molecule has 1 N–H and O–H groups in total. The van der Waals surface area contributed by atoms with Gasteiger partial charge in [-0.2, -0.15) is 0 Å². The molecule has 0 amide bonds. The van der Waals surface area contributed by atoms with Crippen molar-refractivity contribution in [3.05, 3.63) is 24.3 Å². The second-order valence-corrected chi connectivity index (χ2v) is 14.0. The van der Waals surface area contributed by atoms with Crippen molar-refractivity contribution in [2.75, 3.05) is 11.6 Å². The lowest BCUT2D eigenvalue weighted by Gasteiger charge is -2.35. The molecule has 184 valence electrons. The Kier molecular flexibility index (Phi) is 12.1. The number of benzene rings is 1. The number of thiocarbonyl (C=S) groups is 1. The SMILES string of the molecule is CSc1ccc(NC(=S)C(P(=O)(OC(C)C)OC(C)C)P(=O)(OC(C)C)OC(C)C)cc1. The van der Waals surface area contributed by atoms with Gasteiger partial charge in [0.05, 0.1) is 24.4 Å². The van der Waals surface area contributed by atoms with Gasteiger partial charge in [0, 0.05) is 10.6 Å². The summed E-state index contributed by atoms with van der Waals surface area (Å²) in [6.45, 7) is 13.8. The van der Waals surface area contributed by atoms with Gasteiger partial charge in [0.2, 0.25) is 5.40 Å². The van der Waals surface area contributed by atoms with Crippen molar-refractivity contribution in [3.8, 4) is 0 Å². The molecular weight excluding hydrogens is 488 g/mol. The summed E-state index contributed by atoms with van der Waals surface area (Å²) in [6.07, 6.45) is 0.0819. The van der Waals surface area contributed by atoms with Crippen LogP contribution in [-0.4, -0.2) is 41.1 Å². The second kappa shape index (κ2) is 13.0. The first kappa shape index (κ1) is 29.8. The molecule has 32 heavy (non-hydrogen) atoms. The third-order valence-electron chi connectivity index (χ3n) is 3.62. The van der Waals surface area contributed by atoms with Crippen LogP contribution in [0.5, 0.6) is 0 Å². The molecule has 0 bridgehead atoms. The van der Waals surface area contributed by atoms with Crippen molar-refractivity contribution in [1.82, 2.24) is 0 Å². The fourth-order valence-electron chi connectivity index (χ4n) is 2.80. The van der Waals surface area contributed by atoms with E-state index in [-0.39, 0.29) is 4.99 Å². The number of anilines is 1. The molecule has 0 saturated carbocycles. The van der Waals surface area contributed by atoms with Crippen LogP contribution < -0.4 is 5.32 Å². The number of hydrogen-bond donors (Lipinski definition) is 1. The van der Waals surface area contributed by atoms with Crippen molar-refractivity contribution in [3.63, 3.8) is 0 Å². The van der Waals surface area contributed by atoms with Gasteiger partial charge >= 0.3 is 15.2 Å². The van der Waals surface area contributed by atoms with Gasteiger partial charge < -0.3 is 23.4 Å². The minimum absolute atomic E-state index is 0.0103. The molecule has 0 saturated heterocycles. The molecule has 0 fully saturated rings. The van der Waals surface area contributed by atoms with Gasteiger partial charge in [0.1, 0.15) is 4.99 Å². The van der Waals surface area contributed by atoms with Crippen molar-refractivity contribution < 1.29 is 27.2 Å². The maximum atomic E-state index is 14.2. The summed E-state index contributed by atoms with van der Waals surface area (Å²) in [5.74, 6) is 0. The smallest absolute Gasteiger partial charge is 0.349 e. The molecule has 7 nitrogen and oxygen atoms in total. The van der Waals surface area contributed by atoms with Crippen molar-refractivity contribution in [2.24, 2.45) is 0 Å². The lowest BCUT2D eigenvalue weighted by molar-refractivity contribution is 0.127. The van der Waals surface area contributed by atoms with E-state index < -0.39 is 45.0 Å². The van der Waals surface area contributed by atoms with Crippen LogP contribution in [0.3, 0.4) is 0 Å². The highest BCUT2D eigenvalue weighted by molar-refractivity contribution is 7.98. The van der Waals surface area contributed by atoms with E-state index in [2.05, 4.69) is 5.32 Å². The van der Waals surface area contributed by atoms with Gasteiger partial charge in [-0.15, -0.1) is 11.8 Å². The summed E-state index contributed by atoms with van der Waals surface area (Å²) in [6, 6.07) is 7.52. The van der Waals surface area contributed by atoms with Crippen LogP contribution in [0.1, 0.15) is 55.4 Å². The Bertz CT molecular complexity index is 764. The highest BCUT2D eigenvalue weighted by atomic mass is 32.2. The predicted octanol–water partition coefficient (Wildman–Crippen LogP) is 7.56. The summed E-state index contributed by atoms with van der Waals surface area (Å²) in [5, 5.41) is 1.61. The Morgan fingerprint density at radius 1 is 0.781 bits per heavy atom. The van der Waals surface area contributed by atoms with E-state index in [0.29, 0.717) is 5.69 Å². The van der Waals surface area contributed by atoms with Gasteiger partial charge in [-0.3, -0.25) is 9.13 Å². The fourth-order valence-corrected chi connectivity index (χ4v) is 9.75. The van der Waals surface area contributed by atoms with Gasteiger partial charge in [-0.1, -0.05) is 12.2 Å². The topological polar surface area (TPSA) is 83.1 Å². The van der Waals surface area contributed by atoms with Crippen molar-refractivity contribution in [2.45, 2.75) is 90.1 Å². The Hall–Kier alpha value is -0.240. The Morgan fingerprint density at radius 3 is 1.41 bits per heavy atom. The first-order valence-electron chi connectivity index (χ1n) is 10.6.